The number of hydrogen-bond donors (Lipinski definition) is 5. The highest BCUT2D eigenvalue weighted by Gasteiger charge is 2.22. The van der Waals surface area contributed by atoms with Crippen LogP contribution in [0, 0.1) is 12.3 Å². The van der Waals surface area contributed by atoms with E-state index in [9.17, 15) is 4.79 Å². The van der Waals surface area contributed by atoms with E-state index in [1.54, 1.807) is 24.4 Å². The maximum Gasteiger partial charge on any atom is 0.274 e. The highest BCUT2D eigenvalue weighted by atomic mass is 16.3. The minimum atomic E-state index is -0.311. The van der Waals surface area contributed by atoms with Gasteiger partial charge in [-0.25, -0.2) is 4.98 Å². The number of nitrogens with two attached hydrogens (primary N) is 1. The van der Waals surface area contributed by atoms with Gasteiger partial charge in [-0.15, -0.1) is 0 Å². The molecule has 0 aromatic carbocycles. The number of β-amino-alcohol motifs (C(OH)–C–C–N with tert-alkyl or cyclic N) is 1. The topological polar surface area (TPSA) is 145 Å². The molecule has 10 heteroatoms. The largest absolute Gasteiger partial charge is 0.395 e. The third kappa shape index (κ3) is 7.97. The van der Waals surface area contributed by atoms with Crippen molar-refractivity contribution < 1.29 is 9.90 Å². The first-order chi connectivity index (χ1) is 17.5. The Bertz CT molecular complexity index is 1010. The molecular weight excluding hydrogens is 456 g/mol. The number of unbranched alkanes of at least 4 members (excludes halogenated alkanes) is 3. The summed E-state index contributed by atoms with van der Waals surface area (Å²) in [5, 5.41) is 27.7. The molecule has 0 atom stereocenters. The third-order valence-electron chi connectivity index (χ3n) is 6.48. The first kappa shape index (κ1) is 27.5. The van der Waals surface area contributed by atoms with Gasteiger partial charge in [0.1, 0.15) is 5.69 Å². The van der Waals surface area contributed by atoms with E-state index in [0.717, 1.165) is 70.4 Å². The number of pyridine rings is 1. The van der Waals surface area contributed by atoms with Crippen LogP contribution in [0.2, 0.25) is 0 Å². The molecular formula is C26H40N8O2. The van der Waals surface area contributed by atoms with Crippen molar-refractivity contribution in [2.75, 3.05) is 44.6 Å². The number of allylic oxidation sites excluding steroid dienone is 1. The van der Waals surface area contributed by atoms with Gasteiger partial charge in [-0.2, -0.15) is 5.10 Å². The summed E-state index contributed by atoms with van der Waals surface area (Å²) in [7, 11) is 0. The molecule has 0 spiro atoms. The summed E-state index contributed by atoms with van der Waals surface area (Å²) < 4.78 is 1.95. The van der Waals surface area contributed by atoms with Crippen LogP contribution in [0.3, 0.4) is 0 Å². The molecule has 0 aliphatic carbocycles. The van der Waals surface area contributed by atoms with E-state index in [0.29, 0.717) is 23.5 Å². The molecule has 36 heavy (non-hydrogen) atoms. The summed E-state index contributed by atoms with van der Waals surface area (Å²) in [5.74, 6) is -0.311. The first-order valence-corrected chi connectivity index (χ1v) is 12.9. The number of carbonyl (C=O) groups excluding carboxylic acids is 1. The molecule has 1 aliphatic heterocycles. The monoisotopic (exact) mass is 496 g/mol. The van der Waals surface area contributed by atoms with Crippen molar-refractivity contribution in [1.29, 1.82) is 5.41 Å². The average molecular weight is 497 g/mol. The second-order valence-corrected chi connectivity index (χ2v) is 9.17. The lowest BCUT2D eigenvalue weighted by atomic mass is 10.1. The number of aryl methyl sites for hydroxylation is 1. The number of nitrogens with zero attached hydrogens (tertiary/aromatic N) is 4. The van der Waals surface area contributed by atoms with Gasteiger partial charge in [0, 0.05) is 50.4 Å². The summed E-state index contributed by atoms with van der Waals surface area (Å²) in [6.07, 6.45) is 11.1. The number of aromatic nitrogens is 3. The molecule has 1 aliphatic rings. The first-order valence-electron chi connectivity index (χ1n) is 12.9. The predicted molar refractivity (Wildman–Crippen MR) is 143 cm³/mol. The number of rotatable bonds is 14. The van der Waals surface area contributed by atoms with Crippen molar-refractivity contribution in [1.82, 2.24) is 25.0 Å². The van der Waals surface area contributed by atoms with Crippen molar-refractivity contribution in [2.24, 2.45) is 5.73 Å². The number of aliphatic hydroxyl groups is 1. The van der Waals surface area contributed by atoms with Gasteiger partial charge in [-0.05, 0) is 51.3 Å². The lowest BCUT2D eigenvalue weighted by Crippen LogP contribution is -2.36. The van der Waals surface area contributed by atoms with Gasteiger partial charge in [0.2, 0.25) is 0 Å². The minimum Gasteiger partial charge on any atom is -0.395 e. The van der Waals surface area contributed by atoms with Crippen LogP contribution in [-0.4, -0.2) is 76.2 Å². The van der Waals surface area contributed by atoms with Crippen LogP contribution < -0.4 is 16.4 Å². The van der Waals surface area contributed by atoms with E-state index in [4.69, 9.17) is 16.2 Å². The Kier molecular flexibility index (Phi) is 11.1. The van der Waals surface area contributed by atoms with E-state index in [1.165, 1.54) is 6.21 Å². The quantitative estimate of drug-likeness (QED) is 0.200. The Hall–Kier alpha value is -3.08. The zero-order valence-corrected chi connectivity index (χ0v) is 21.2. The Morgan fingerprint density at radius 3 is 2.69 bits per heavy atom. The van der Waals surface area contributed by atoms with Gasteiger partial charge in [0.05, 0.1) is 29.7 Å². The normalized spacial score (nSPS) is 15.1. The smallest absolute Gasteiger partial charge is 0.274 e. The van der Waals surface area contributed by atoms with Crippen LogP contribution in [0.5, 0.6) is 0 Å². The summed E-state index contributed by atoms with van der Waals surface area (Å²) in [4.78, 5) is 19.7. The molecule has 3 heterocycles. The van der Waals surface area contributed by atoms with E-state index in [2.05, 4.69) is 25.6 Å². The summed E-state index contributed by atoms with van der Waals surface area (Å²) in [6.45, 7) is 6.16. The number of aliphatic hydroxyl groups excluding tert-OH is 1. The Morgan fingerprint density at radius 1 is 1.22 bits per heavy atom. The van der Waals surface area contributed by atoms with E-state index in [1.807, 2.05) is 17.8 Å². The number of carbonyl (C=O) groups is 1. The molecule has 0 unspecified atom stereocenters. The molecule has 3 rings (SSSR count). The van der Waals surface area contributed by atoms with Crippen molar-refractivity contribution in [3.63, 3.8) is 0 Å². The van der Waals surface area contributed by atoms with Crippen LogP contribution in [0.15, 0.2) is 30.6 Å². The molecule has 0 bridgehead atoms. The maximum atomic E-state index is 13.0. The highest BCUT2D eigenvalue weighted by Crippen LogP contribution is 2.25. The fourth-order valence-corrected chi connectivity index (χ4v) is 4.35. The van der Waals surface area contributed by atoms with Crippen LogP contribution >= 0.6 is 0 Å². The third-order valence-corrected chi connectivity index (χ3v) is 6.48. The van der Waals surface area contributed by atoms with Gasteiger partial charge in [0.25, 0.3) is 5.91 Å². The zero-order valence-electron chi connectivity index (χ0n) is 21.2. The fourth-order valence-electron chi connectivity index (χ4n) is 4.35. The van der Waals surface area contributed by atoms with Gasteiger partial charge < -0.3 is 31.8 Å². The number of likely N-dealkylation sites (tertiary alicyclic amines) is 1. The van der Waals surface area contributed by atoms with E-state index >= 15 is 0 Å². The molecule has 0 saturated carbocycles. The van der Waals surface area contributed by atoms with Gasteiger partial charge in [0.15, 0.2) is 0 Å². The second-order valence-electron chi connectivity index (χ2n) is 9.17. The van der Waals surface area contributed by atoms with Gasteiger partial charge >= 0.3 is 0 Å². The average Bonchev–Trinajstić information content (AvgIpc) is 3.26. The van der Waals surface area contributed by atoms with E-state index < -0.39 is 0 Å². The molecule has 2 aromatic rings. The lowest BCUT2D eigenvalue weighted by Gasteiger charge is -2.31. The molecule has 0 radical (unpaired) electrons. The van der Waals surface area contributed by atoms with E-state index in [-0.39, 0.29) is 24.2 Å². The molecule has 1 saturated heterocycles. The number of amides is 1. The summed E-state index contributed by atoms with van der Waals surface area (Å²) in [5.41, 5.74) is 8.41. The SMILES string of the molecule is Cc1nn(C2CCN(CCO)CC2)cc1NC(=O)c1cccc(/C(C=N)=C/NCCCCCCN)n1. The molecule has 10 nitrogen and oxygen atoms in total. The predicted octanol–water partition coefficient (Wildman–Crippen LogP) is 2.57. The zero-order chi connectivity index (χ0) is 25.8. The highest BCUT2D eigenvalue weighted by molar-refractivity contribution is 6.08. The minimum absolute atomic E-state index is 0.181. The number of anilines is 1. The number of nitrogens with one attached hydrogen (secondary N) is 3. The molecule has 2 aromatic heterocycles. The van der Waals surface area contributed by atoms with Crippen molar-refractivity contribution >= 4 is 23.4 Å². The van der Waals surface area contributed by atoms with Crippen LogP contribution in [-0.2, 0) is 0 Å². The van der Waals surface area contributed by atoms with Crippen molar-refractivity contribution in [3.8, 4) is 0 Å². The van der Waals surface area contributed by atoms with Crippen molar-refractivity contribution in [3.05, 3.63) is 47.7 Å². The number of piperidine rings is 1. The molecule has 6 N–H and O–H groups in total. The fraction of sp³-hybridized carbons (Fsp3) is 0.538. The Balaban J connectivity index is 1.59. The van der Waals surface area contributed by atoms with Crippen LogP contribution in [0.25, 0.3) is 5.57 Å². The van der Waals surface area contributed by atoms with Gasteiger partial charge in [-0.3, -0.25) is 9.48 Å². The Morgan fingerprint density at radius 2 is 1.97 bits per heavy atom. The lowest BCUT2D eigenvalue weighted by molar-refractivity contribution is 0.102. The summed E-state index contributed by atoms with van der Waals surface area (Å²) >= 11 is 0. The molecule has 1 amide bonds. The molecule has 1 fully saturated rings. The summed E-state index contributed by atoms with van der Waals surface area (Å²) in [6, 6.07) is 5.52. The number of hydrogen-bond acceptors (Lipinski definition) is 8. The maximum absolute atomic E-state index is 13.0. The Labute approximate surface area is 213 Å². The van der Waals surface area contributed by atoms with Crippen LogP contribution in [0.4, 0.5) is 5.69 Å². The second kappa shape index (κ2) is 14.5. The molecule has 196 valence electrons. The van der Waals surface area contributed by atoms with Crippen LogP contribution in [0.1, 0.15) is 66.4 Å². The van der Waals surface area contributed by atoms with Gasteiger partial charge in [-0.1, -0.05) is 18.9 Å². The van der Waals surface area contributed by atoms with Crippen molar-refractivity contribution in [2.45, 2.75) is 51.5 Å². The standard InChI is InChI=1S/C26H40N8O2/c1-20-25(19-34(32-20)22-9-13-33(14-10-22)15-16-35)31-26(36)24-8-6-7-23(30-24)21(17-28)18-29-12-5-3-2-4-11-27/h6-8,17-19,22,28-29,35H,2-5,9-16,27H2,1H3,(H,31,36)/b21-18+,28-17?.